The molecule has 0 fully saturated rings. The Morgan fingerprint density at radius 1 is 1.14 bits per heavy atom. The summed E-state index contributed by atoms with van der Waals surface area (Å²) in [4.78, 5) is 0. The van der Waals surface area contributed by atoms with Crippen molar-refractivity contribution in [1.29, 1.82) is 0 Å². The van der Waals surface area contributed by atoms with Crippen molar-refractivity contribution in [2.24, 2.45) is 0 Å². The highest BCUT2D eigenvalue weighted by Crippen LogP contribution is 2.29. The summed E-state index contributed by atoms with van der Waals surface area (Å²) in [6.45, 7) is 2.10. The van der Waals surface area contributed by atoms with Crippen LogP contribution in [0.2, 0.25) is 0 Å². The lowest BCUT2D eigenvalue weighted by Crippen LogP contribution is -2.12. The van der Waals surface area contributed by atoms with Gasteiger partial charge in [0.1, 0.15) is 0 Å². The fourth-order valence-corrected chi connectivity index (χ4v) is 1.29. The van der Waals surface area contributed by atoms with Gasteiger partial charge in [0.25, 0.3) is 0 Å². The second-order valence-corrected chi connectivity index (χ2v) is 3.12. The van der Waals surface area contributed by atoms with E-state index >= 15 is 0 Å². The summed E-state index contributed by atoms with van der Waals surface area (Å²) in [6.07, 6.45) is 0. The van der Waals surface area contributed by atoms with Gasteiger partial charge in [-0.05, 0) is 31.7 Å². The molecule has 78 valence electrons. The molecule has 1 N–H and O–H groups in total. The van der Waals surface area contributed by atoms with Gasteiger partial charge in [0.15, 0.2) is 11.5 Å². The standard InChI is InChI=1S/C11H17NO2/c1-8(12-2)9-5-6-10(13-3)11(7-9)14-4/h5-8,12H,1-4H3. The highest BCUT2D eigenvalue weighted by atomic mass is 16.5. The maximum Gasteiger partial charge on any atom is 0.161 e. The molecule has 14 heavy (non-hydrogen) atoms. The van der Waals surface area contributed by atoms with Crippen molar-refractivity contribution in [2.75, 3.05) is 21.3 Å². The summed E-state index contributed by atoms with van der Waals surface area (Å²) in [5.41, 5.74) is 1.19. The first-order valence-electron chi connectivity index (χ1n) is 4.62. The van der Waals surface area contributed by atoms with Crippen molar-refractivity contribution in [3.63, 3.8) is 0 Å². The van der Waals surface area contributed by atoms with Crippen LogP contribution in [0.3, 0.4) is 0 Å². The fourth-order valence-electron chi connectivity index (χ4n) is 1.29. The van der Waals surface area contributed by atoms with Crippen LogP contribution in [0.5, 0.6) is 11.5 Å². The van der Waals surface area contributed by atoms with Gasteiger partial charge in [0.05, 0.1) is 14.2 Å². The Balaban J connectivity index is 3.01. The molecule has 3 heteroatoms. The van der Waals surface area contributed by atoms with Gasteiger partial charge in [-0.25, -0.2) is 0 Å². The molecule has 0 radical (unpaired) electrons. The molecule has 0 heterocycles. The number of hydrogen-bond acceptors (Lipinski definition) is 3. The number of benzene rings is 1. The largest absolute Gasteiger partial charge is 0.493 e. The quantitative estimate of drug-likeness (QED) is 0.797. The van der Waals surface area contributed by atoms with E-state index in [0.717, 1.165) is 11.5 Å². The molecule has 1 atom stereocenters. The lowest BCUT2D eigenvalue weighted by molar-refractivity contribution is 0.354. The van der Waals surface area contributed by atoms with Gasteiger partial charge in [-0.1, -0.05) is 6.07 Å². The summed E-state index contributed by atoms with van der Waals surface area (Å²) in [5, 5.41) is 3.17. The molecule has 0 aliphatic rings. The second-order valence-electron chi connectivity index (χ2n) is 3.12. The van der Waals surface area contributed by atoms with Crippen molar-refractivity contribution in [1.82, 2.24) is 5.32 Å². The summed E-state index contributed by atoms with van der Waals surface area (Å²) in [6, 6.07) is 6.25. The van der Waals surface area contributed by atoms with Gasteiger partial charge in [0.2, 0.25) is 0 Å². The molecule has 0 amide bonds. The summed E-state index contributed by atoms with van der Waals surface area (Å²) in [5.74, 6) is 1.53. The first-order chi connectivity index (χ1) is 6.72. The van der Waals surface area contributed by atoms with E-state index in [1.54, 1.807) is 14.2 Å². The van der Waals surface area contributed by atoms with Crippen molar-refractivity contribution < 1.29 is 9.47 Å². The molecule has 0 aliphatic heterocycles. The third-order valence-corrected chi connectivity index (χ3v) is 2.34. The van der Waals surface area contributed by atoms with Crippen LogP contribution in [0.25, 0.3) is 0 Å². The van der Waals surface area contributed by atoms with Crippen molar-refractivity contribution in [3.05, 3.63) is 23.8 Å². The Labute approximate surface area is 85.0 Å². The van der Waals surface area contributed by atoms with Crippen LogP contribution >= 0.6 is 0 Å². The Bertz CT molecular complexity index is 299. The Kier molecular flexibility index (Phi) is 3.77. The predicted octanol–water partition coefficient (Wildman–Crippen LogP) is 1.98. The molecule has 0 bridgehead atoms. The van der Waals surface area contributed by atoms with E-state index in [1.807, 2.05) is 25.2 Å². The number of nitrogens with one attached hydrogen (secondary N) is 1. The topological polar surface area (TPSA) is 30.5 Å². The lowest BCUT2D eigenvalue weighted by atomic mass is 10.1. The minimum atomic E-state index is 0.315. The number of rotatable bonds is 4. The molecule has 1 rings (SSSR count). The van der Waals surface area contributed by atoms with Crippen LogP contribution in [-0.2, 0) is 0 Å². The van der Waals surface area contributed by atoms with E-state index in [2.05, 4.69) is 12.2 Å². The van der Waals surface area contributed by atoms with Crippen molar-refractivity contribution in [2.45, 2.75) is 13.0 Å². The second kappa shape index (κ2) is 4.86. The van der Waals surface area contributed by atoms with Gasteiger partial charge in [-0.2, -0.15) is 0 Å². The third-order valence-electron chi connectivity index (χ3n) is 2.34. The first-order valence-corrected chi connectivity index (χ1v) is 4.62. The highest BCUT2D eigenvalue weighted by Gasteiger charge is 2.07. The molecule has 0 spiro atoms. The predicted molar refractivity (Wildman–Crippen MR) is 57.0 cm³/mol. The van der Waals surface area contributed by atoms with E-state index < -0.39 is 0 Å². The number of ether oxygens (including phenoxy) is 2. The van der Waals surface area contributed by atoms with Gasteiger partial charge >= 0.3 is 0 Å². The van der Waals surface area contributed by atoms with Crippen LogP contribution < -0.4 is 14.8 Å². The molecular weight excluding hydrogens is 178 g/mol. The minimum Gasteiger partial charge on any atom is -0.493 e. The highest BCUT2D eigenvalue weighted by molar-refractivity contribution is 5.43. The van der Waals surface area contributed by atoms with Crippen molar-refractivity contribution in [3.8, 4) is 11.5 Å². The molecule has 1 unspecified atom stereocenters. The monoisotopic (exact) mass is 195 g/mol. The first kappa shape index (κ1) is 10.9. The zero-order chi connectivity index (χ0) is 10.6. The summed E-state index contributed by atoms with van der Waals surface area (Å²) >= 11 is 0. The number of hydrogen-bond donors (Lipinski definition) is 1. The molecule has 1 aromatic carbocycles. The maximum atomic E-state index is 5.22. The average Bonchev–Trinajstić information content (AvgIpc) is 2.26. The Hall–Kier alpha value is -1.22. The maximum absolute atomic E-state index is 5.22. The SMILES string of the molecule is CNC(C)c1ccc(OC)c(OC)c1. The molecule has 1 aromatic rings. The average molecular weight is 195 g/mol. The van der Waals surface area contributed by atoms with Crippen LogP contribution in [0.4, 0.5) is 0 Å². The molecule has 0 saturated carbocycles. The summed E-state index contributed by atoms with van der Waals surface area (Å²) in [7, 11) is 5.21. The minimum absolute atomic E-state index is 0.315. The van der Waals surface area contributed by atoms with Crippen molar-refractivity contribution >= 4 is 0 Å². The molecule has 0 saturated heterocycles. The van der Waals surface area contributed by atoms with E-state index in [9.17, 15) is 0 Å². The van der Waals surface area contributed by atoms with Gasteiger partial charge in [-0.15, -0.1) is 0 Å². The zero-order valence-electron chi connectivity index (χ0n) is 9.13. The van der Waals surface area contributed by atoms with E-state index in [4.69, 9.17) is 9.47 Å². The molecule has 3 nitrogen and oxygen atoms in total. The summed E-state index contributed by atoms with van der Waals surface area (Å²) < 4.78 is 10.4. The third kappa shape index (κ3) is 2.17. The van der Waals surface area contributed by atoms with Crippen LogP contribution in [0.1, 0.15) is 18.5 Å². The van der Waals surface area contributed by atoms with E-state index in [-0.39, 0.29) is 0 Å². The molecular formula is C11H17NO2. The molecule has 0 aliphatic carbocycles. The van der Waals surface area contributed by atoms with Gasteiger partial charge in [-0.3, -0.25) is 0 Å². The van der Waals surface area contributed by atoms with E-state index in [0.29, 0.717) is 6.04 Å². The van der Waals surface area contributed by atoms with Gasteiger partial charge < -0.3 is 14.8 Å². The normalized spacial score (nSPS) is 12.3. The fraction of sp³-hybridized carbons (Fsp3) is 0.455. The van der Waals surface area contributed by atoms with Gasteiger partial charge in [0, 0.05) is 6.04 Å². The lowest BCUT2D eigenvalue weighted by Gasteiger charge is -2.13. The van der Waals surface area contributed by atoms with Crippen LogP contribution in [0.15, 0.2) is 18.2 Å². The Morgan fingerprint density at radius 3 is 2.29 bits per heavy atom. The van der Waals surface area contributed by atoms with Crippen LogP contribution in [-0.4, -0.2) is 21.3 Å². The Morgan fingerprint density at radius 2 is 1.79 bits per heavy atom. The van der Waals surface area contributed by atoms with Crippen LogP contribution in [0, 0.1) is 0 Å². The van der Waals surface area contributed by atoms with E-state index in [1.165, 1.54) is 5.56 Å². The smallest absolute Gasteiger partial charge is 0.161 e. The molecule has 0 aromatic heterocycles. The zero-order valence-corrected chi connectivity index (χ0v) is 9.13. The number of methoxy groups -OCH3 is 2.